The van der Waals surface area contributed by atoms with Crippen LogP contribution in [-0.4, -0.2) is 25.0 Å². The van der Waals surface area contributed by atoms with Gasteiger partial charge in [-0.05, 0) is 6.42 Å². The number of amides is 1. The van der Waals surface area contributed by atoms with Crippen LogP contribution in [0.5, 0.6) is 0 Å². The Hall–Kier alpha value is -1.57. The fourth-order valence-electron chi connectivity index (χ4n) is 0.845. The maximum Gasteiger partial charge on any atom is 0.328 e. The normalized spacial score (nSPS) is 11.2. The summed E-state index contributed by atoms with van der Waals surface area (Å²) in [7, 11) is 1.24. The lowest BCUT2D eigenvalue weighted by atomic mass is 10.1. The number of hydrogen-bond acceptors (Lipinski definition) is 4. The zero-order valence-corrected chi connectivity index (χ0v) is 7.66. The highest BCUT2D eigenvalue weighted by molar-refractivity contribution is 5.83. The molecular weight excluding hydrogens is 172 g/mol. The number of carbonyl (C=O) groups is 2. The van der Waals surface area contributed by atoms with Gasteiger partial charge in [-0.1, -0.05) is 0 Å². The molecule has 0 saturated carbocycles. The molecule has 1 atom stereocenters. The van der Waals surface area contributed by atoms with Gasteiger partial charge in [-0.2, -0.15) is 5.26 Å². The van der Waals surface area contributed by atoms with Crippen molar-refractivity contribution >= 4 is 11.9 Å². The fraction of sp³-hybridized carbons (Fsp3) is 0.625. The number of ether oxygens (including phenoxy) is 1. The summed E-state index contributed by atoms with van der Waals surface area (Å²) in [5.74, 6) is -0.834. The Balaban J connectivity index is 4.11. The molecule has 72 valence electrons. The molecule has 0 aromatic rings. The molecule has 0 heterocycles. The fourth-order valence-corrected chi connectivity index (χ4v) is 0.845. The smallest absolute Gasteiger partial charge is 0.328 e. The van der Waals surface area contributed by atoms with Crippen LogP contribution in [0, 0.1) is 11.3 Å². The van der Waals surface area contributed by atoms with Crippen LogP contribution in [0.1, 0.15) is 19.8 Å². The number of rotatable bonds is 4. The Morgan fingerprint density at radius 2 is 2.23 bits per heavy atom. The van der Waals surface area contributed by atoms with Gasteiger partial charge in [0.1, 0.15) is 6.04 Å². The Kier molecular flexibility index (Phi) is 5.28. The van der Waals surface area contributed by atoms with E-state index in [9.17, 15) is 9.59 Å². The molecule has 5 heteroatoms. The molecule has 0 aliphatic carbocycles. The highest BCUT2D eigenvalue weighted by Gasteiger charge is 2.18. The van der Waals surface area contributed by atoms with E-state index < -0.39 is 12.0 Å². The highest BCUT2D eigenvalue weighted by atomic mass is 16.5. The van der Waals surface area contributed by atoms with Gasteiger partial charge in [0.15, 0.2) is 0 Å². The minimum Gasteiger partial charge on any atom is -0.467 e. The van der Waals surface area contributed by atoms with Crippen LogP contribution in [0.15, 0.2) is 0 Å². The molecule has 1 amide bonds. The third kappa shape index (κ3) is 4.80. The summed E-state index contributed by atoms with van der Waals surface area (Å²) in [6.07, 6.45) is 0.489. The lowest BCUT2D eigenvalue weighted by Gasteiger charge is -2.13. The standard InChI is InChI=1S/C8H12N2O3/c1-6(11)10-7(4-3-5-9)8(12)13-2/h7H,3-4H2,1-2H3,(H,10,11). The predicted octanol–water partition coefficient (Wildman–Crippen LogP) is -0.0321. The number of nitrogens with zero attached hydrogens (tertiary/aromatic N) is 1. The molecule has 0 aliphatic rings. The first-order valence-electron chi connectivity index (χ1n) is 3.83. The summed E-state index contributed by atoms with van der Waals surface area (Å²) in [4.78, 5) is 21.6. The third-order valence-electron chi connectivity index (χ3n) is 1.41. The van der Waals surface area contributed by atoms with Crippen molar-refractivity contribution in [2.24, 2.45) is 0 Å². The van der Waals surface area contributed by atoms with Gasteiger partial charge in [0.05, 0.1) is 13.2 Å². The Morgan fingerprint density at radius 1 is 1.62 bits per heavy atom. The molecule has 5 nitrogen and oxygen atoms in total. The van der Waals surface area contributed by atoms with Crippen LogP contribution in [0.4, 0.5) is 0 Å². The van der Waals surface area contributed by atoms with E-state index in [1.165, 1.54) is 14.0 Å². The minimum absolute atomic E-state index is 0.208. The van der Waals surface area contributed by atoms with E-state index in [0.717, 1.165) is 0 Å². The van der Waals surface area contributed by atoms with Gasteiger partial charge >= 0.3 is 5.97 Å². The van der Waals surface area contributed by atoms with Crippen molar-refractivity contribution < 1.29 is 14.3 Å². The average Bonchev–Trinajstić information content (AvgIpc) is 2.10. The van der Waals surface area contributed by atoms with Crippen molar-refractivity contribution in [3.05, 3.63) is 0 Å². The molecule has 13 heavy (non-hydrogen) atoms. The number of esters is 1. The summed E-state index contributed by atoms with van der Waals surface area (Å²) in [5.41, 5.74) is 0. The minimum atomic E-state index is -0.706. The van der Waals surface area contributed by atoms with Crippen molar-refractivity contribution in [2.45, 2.75) is 25.8 Å². The molecule has 0 aromatic heterocycles. The van der Waals surface area contributed by atoms with Crippen molar-refractivity contribution in [3.8, 4) is 6.07 Å². The van der Waals surface area contributed by atoms with Gasteiger partial charge in [-0.3, -0.25) is 4.79 Å². The second-order valence-corrected chi connectivity index (χ2v) is 2.47. The summed E-state index contributed by atoms with van der Waals surface area (Å²) in [6.45, 7) is 1.31. The first-order chi connectivity index (χ1) is 6.11. The first kappa shape index (κ1) is 11.4. The second-order valence-electron chi connectivity index (χ2n) is 2.47. The number of methoxy groups -OCH3 is 1. The lowest BCUT2D eigenvalue weighted by Crippen LogP contribution is -2.40. The van der Waals surface area contributed by atoms with Gasteiger partial charge in [0.25, 0.3) is 0 Å². The summed E-state index contributed by atoms with van der Waals surface area (Å²) < 4.78 is 4.45. The lowest BCUT2D eigenvalue weighted by molar-refractivity contribution is -0.145. The van der Waals surface area contributed by atoms with Gasteiger partial charge in [0, 0.05) is 13.3 Å². The zero-order chi connectivity index (χ0) is 10.3. The van der Waals surface area contributed by atoms with E-state index in [4.69, 9.17) is 5.26 Å². The second kappa shape index (κ2) is 6.00. The van der Waals surface area contributed by atoms with Crippen LogP contribution < -0.4 is 5.32 Å². The number of carbonyl (C=O) groups excluding carboxylic acids is 2. The van der Waals surface area contributed by atoms with Crippen LogP contribution in [-0.2, 0) is 14.3 Å². The summed E-state index contributed by atoms with van der Waals surface area (Å²) in [5, 5.41) is 10.7. The molecule has 0 saturated heterocycles. The van der Waals surface area contributed by atoms with Gasteiger partial charge in [0.2, 0.25) is 5.91 Å². The maximum absolute atomic E-state index is 11.0. The SMILES string of the molecule is COC(=O)C(CCC#N)NC(C)=O. The van der Waals surface area contributed by atoms with Crippen LogP contribution in [0.2, 0.25) is 0 Å². The molecule has 0 bridgehead atoms. The number of hydrogen-bond donors (Lipinski definition) is 1. The molecule has 0 aliphatic heterocycles. The first-order valence-corrected chi connectivity index (χ1v) is 3.83. The van der Waals surface area contributed by atoms with Gasteiger partial charge < -0.3 is 10.1 Å². The molecule has 0 fully saturated rings. The van der Waals surface area contributed by atoms with E-state index in [-0.39, 0.29) is 18.7 Å². The molecule has 0 spiro atoms. The number of nitriles is 1. The van der Waals surface area contributed by atoms with Crippen LogP contribution in [0.3, 0.4) is 0 Å². The molecular formula is C8H12N2O3. The van der Waals surface area contributed by atoms with E-state index in [0.29, 0.717) is 0 Å². The van der Waals surface area contributed by atoms with Crippen LogP contribution in [0.25, 0.3) is 0 Å². The maximum atomic E-state index is 11.0. The Bertz CT molecular complexity index is 232. The molecule has 0 aromatic carbocycles. The van der Waals surface area contributed by atoms with Gasteiger partial charge in [-0.25, -0.2) is 4.79 Å². The summed E-state index contributed by atoms with van der Waals surface area (Å²) in [6, 6.07) is 1.18. The number of nitrogens with one attached hydrogen (secondary N) is 1. The van der Waals surface area contributed by atoms with Gasteiger partial charge in [-0.15, -0.1) is 0 Å². The highest BCUT2D eigenvalue weighted by Crippen LogP contribution is 1.98. The van der Waals surface area contributed by atoms with Crippen molar-refractivity contribution in [2.75, 3.05) is 7.11 Å². The Labute approximate surface area is 76.7 Å². The molecule has 0 radical (unpaired) electrons. The van der Waals surface area contributed by atoms with E-state index >= 15 is 0 Å². The topological polar surface area (TPSA) is 79.2 Å². The zero-order valence-electron chi connectivity index (χ0n) is 7.66. The third-order valence-corrected chi connectivity index (χ3v) is 1.41. The molecule has 1 unspecified atom stereocenters. The molecule has 1 N–H and O–H groups in total. The monoisotopic (exact) mass is 184 g/mol. The van der Waals surface area contributed by atoms with E-state index in [2.05, 4.69) is 10.1 Å². The van der Waals surface area contributed by atoms with Crippen LogP contribution >= 0.6 is 0 Å². The Morgan fingerprint density at radius 3 is 2.62 bits per heavy atom. The average molecular weight is 184 g/mol. The van der Waals surface area contributed by atoms with Crippen molar-refractivity contribution in [1.82, 2.24) is 5.32 Å². The van der Waals surface area contributed by atoms with E-state index in [1.807, 2.05) is 6.07 Å². The van der Waals surface area contributed by atoms with E-state index in [1.54, 1.807) is 0 Å². The quantitative estimate of drug-likeness (QED) is 0.622. The predicted molar refractivity (Wildman–Crippen MR) is 44.5 cm³/mol. The summed E-state index contributed by atoms with van der Waals surface area (Å²) >= 11 is 0. The van der Waals surface area contributed by atoms with Crippen molar-refractivity contribution in [1.29, 1.82) is 5.26 Å². The molecule has 0 rings (SSSR count). The largest absolute Gasteiger partial charge is 0.467 e. The van der Waals surface area contributed by atoms with Crippen molar-refractivity contribution in [3.63, 3.8) is 0 Å².